The molecule has 3 rings (SSSR count). The van der Waals surface area contributed by atoms with Gasteiger partial charge in [-0.2, -0.15) is 0 Å². The third kappa shape index (κ3) is 5.23. The molecule has 2 saturated carbocycles. The van der Waals surface area contributed by atoms with E-state index in [0.717, 1.165) is 44.1 Å². The third-order valence-corrected chi connectivity index (χ3v) is 6.20. The second-order valence-electron chi connectivity index (χ2n) is 7.70. The van der Waals surface area contributed by atoms with Gasteiger partial charge in [0.25, 0.3) is 0 Å². The van der Waals surface area contributed by atoms with Crippen LogP contribution >= 0.6 is 11.6 Å². The van der Waals surface area contributed by atoms with Crippen LogP contribution in [0.15, 0.2) is 24.3 Å². The van der Waals surface area contributed by atoms with Crippen molar-refractivity contribution in [1.29, 1.82) is 0 Å². The Labute approximate surface area is 161 Å². The summed E-state index contributed by atoms with van der Waals surface area (Å²) >= 11 is 6.13. The highest BCUT2D eigenvalue weighted by atomic mass is 35.5. The highest BCUT2D eigenvalue weighted by molar-refractivity contribution is 6.31. The molecular formula is C21H29ClN2O2. The number of nitrogens with one attached hydrogen (secondary N) is 2. The molecule has 2 N–H and O–H groups in total. The summed E-state index contributed by atoms with van der Waals surface area (Å²) in [7, 11) is 0. The first-order valence-electron chi connectivity index (χ1n) is 9.95. The van der Waals surface area contributed by atoms with Crippen molar-refractivity contribution >= 4 is 23.4 Å². The fourth-order valence-corrected chi connectivity index (χ4v) is 4.35. The molecule has 2 aliphatic rings. The van der Waals surface area contributed by atoms with E-state index in [2.05, 4.69) is 10.6 Å². The topological polar surface area (TPSA) is 58.2 Å². The van der Waals surface area contributed by atoms with E-state index in [1.165, 1.54) is 19.3 Å². The zero-order valence-corrected chi connectivity index (χ0v) is 16.1. The smallest absolute Gasteiger partial charge is 0.223 e. The second kappa shape index (κ2) is 9.40. The minimum absolute atomic E-state index is 0.0104. The molecule has 0 bridgehead atoms. The first-order valence-corrected chi connectivity index (χ1v) is 10.3. The maximum Gasteiger partial charge on any atom is 0.223 e. The molecule has 4 nitrogen and oxygen atoms in total. The Morgan fingerprint density at radius 1 is 0.885 bits per heavy atom. The van der Waals surface area contributed by atoms with Crippen molar-refractivity contribution in [3.63, 3.8) is 0 Å². The Bertz CT molecular complexity index is 620. The molecule has 5 heteroatoms. The first kappa shape index (κ1) is 19.2. The molecule has 26 heavy (non-hydrogen) atoms. The summed E-state index contributed by atoms with van der Waals surface area (Å²) in [6.45, 7) is 0.459. The van der Waals surface area contributed by atoms with Crippen LogP contribution in [0.1, 0.15) is 63.4 Å². The van der Waals surface area contributed by atoms with E-state index in [9.17, 15) is 9.59 Å². The third-order valence-electron chi connectivity index (χ3n) is 5.83. The molecule has 0 heterocycles. The lowest BCUT2D eigenvalue weighted by Gasteiger charge is -2.30. The van der Waals surface area contributed by atoms with Gasteiger partial charge in [-0.15, -0.1) is 0 Å². The molecule has 2 aliphatic carbocycles. The van der Waals surface area contributed by atoms with Crippen molar-refractivity contribution in [2.24, 2.45) is 11.8 Å². The molecular weight excluding hydrogens is 348 g/mol. The van der Waals surface area contributed by atoms with Gasteiger partial charge >= 0.3 is 0 Å². The Morgan fingerprint density at radius 3 is 2.15 bits per heavy atom. The number of amides is 2. The standard InChI is InChI=1S/C21H29ClN2O2/c22-19-9-5-4-6-17(19)14-23-20(25)15-10-12-16(13-11-15)21(26)24-18-7-2-1-3-8-18/h4-6,9,15-16,18H,1-3,7-8,10-14H2,(H,23,25)(H,24,26). The van der Waals surface area contributed by atoms with Crippen LogP contribution in [0.5, 0.6) is 0 Å². The van der Waals surface area contributed by atoms with Crippen LogP contribution < -0.4 is 10.6 Å². The maximum absolute atomic E-state index is 12.5. The lowest BCUT2D eigenvalue weighted by atomic mass is 9.81. The predicted octanol–water partition coefficient (Wildman–Crippen LogP) is 4.21. The van der Waals surface area contributed by atoms with Crippen molar-refractivity contribution in [3.05, 3.63) is 34.9 Å². The van der Waals surface area contributed by atoms with Gasteiger partial charge in [-0.1, -0.05) is 49.1 Å². The van der Waals surface area contributed by atoms with Crippen LogP contribution in [0.2, 0.25) is 5.02 Å². The normalized spacial score (nSPS) is 24.0. The fraction of sp³-hybridized carbons (Fsp3) is 0.619. The number of halogens is 1. The number of carbonyl (C=O) groups is 2. The number of rotatable bonds is 5. The largest absolute Gasteiger partial charge is 0.353 e. The molecule has 0 atom stereocenters. The molecule has 0 radical (unpaired) electrons. The Morgan fingerprint density at radius 2 is 1.50 bits per heavy atom. The first-order chi connectivity index (χ1) is 12.6. The van der Waals surface area contributed by atoms with E-state index < -0.39 is 0 Å². The highest BCUT2D eigenvalue weighted by Gasteiger charge is 2.30. The molecule has 0 aliphatic heterocycles. The number of hydrogen-bond acceptors (Lipinski definition) is 2. The van der Waals surface area contributed by atoms with E-state index in [4.69, 9.17) is 11.6 Å². The molecule has 142 valence electrons. The summed E-state index contributed by atoms with van der Waals surface area (Å²) in [4.78, 5) is 24.9. The number of hydrogen-bond donors (Lipinski definition) is 2. The lowest BCUT2D eigenvalue weighted by Crippen LogP contribution is -2.42. The zero-order chi connectivity index (χ0) is 18.4. The highest BCUT2D eigenvalue weighted by Crippen LogP contribution is 2.30. The Kier molecular flexibility index (Phi) is 6.95. The van der Waals surface area contributed by atoms with Gasteiger partial charge in [-0.05, 0) is 50.2 Å². The summed E-state index contributed by atoms with van der Waals surface area (Å²) in [6.07, 6.45) is 9.17. The number of benzene rings is 1. The van der Waals surface area contributed by atoms with Crippen LogP contribution in [0, 0.1) is 11.8 Å². The van der Waals surface area contributed by atoms with Gasteiger partial charge < -0.3 is 10.6 Å². The summed E-state index contributed by atoms with van der Waals surface area (Å²) in [5.41, 5.74) is 0.933. The lowest BCUT2D eigenvalue weighted by molar-refractivity contribution is -0.131. The maximum atomic E-state index is 12.5. The summed E-state index contributed by atoms with van der Waals surface area (Å²) in [5, 5.41) is 6.90. The van der Waals surface area contributed by atoms with Gasteiger partial charge in [0, 0.05) is 29.4 Å². The van der Waals surface area contributed by atoms with Gasteiger partial charge in [0.1, 0.15) is 0 Å². The van der Waals surface area contributed by atoms with Crippen molar-refractivity contribution in [1.82, 2.24) is 10.6 Å². The molecule has 1 aromatic rings. The average Bonchev–Trinajstić information content (AvgIpc) is 2.68. The minimum atomic E-state index is 0.0104. The van der Waals surface area contributed by atoms with Crippen LogP contribution in [0.4, 0.5) is 0 Å². The monoisotopic (exact) mass is 376 g/mol. The molecule has 0 saturated heterocycles. The van der Waals surface area contributed by atoms with E-state index in [1.807, 2.05) is 24.3 Å². The average molecular weight is 377 g/mol. The quantitative estimate of drug-likeness (QED) is 0.808. The number of carbonyl (C=O) groups excluding carboxylic acids is 2. The summed E-state index contributed by atoms with van der Waals surface area (Å²) in [6, 6.07) is 7.93. The van der Waals surface area contributed by atoms with Crippen LogP contribution in [0.25, 0.3) is 0 Å². The SMILES string of the molecule is O=C(NCc1ccccc1Cl)C1CCC(C(=O)NC2CCCCC2)CC1. The van der Waals surface area contributed by atoms with Gasteiger partial charge in [-0.3, -0.25) is 9.59 Å². The van der Waals surface area contributed by atoms with Gasteiger partial charge in [0.15, 0.2) is 0 Å². The van der Waals surface area contributed by atoms with Crippen LogP contribution in [-0.2, 0) is 16.1 Å². The summed E-state index contributed by atoms with van der Waals surface area (Å²) < 4.78 is 0. The second-order valence-corrected chi connectivity index (χ2v) is 8.11. The minimum Gasteiger partial charge on any atom is -0.353 e. The van der Waals surface area contributed by atoms with Crippen molar-refractivity contribution in [2.75, 3.05) is 0 Å². The van der Waals surface area contributed by atoms with E-state index in [-0.39, 0.29) is 23.7 Å². The van der Waals surface area contributed by atoms with Crippen molar-refractivity contribution in [3.8, 4) is 0 Å². The molecule has 2 amide bonds. The molecule has 0 unspecified atom stereocenters. The van der Waals surface area contributed by atoms with E-state index in [1.54, 1.807) is 0 Å². The molecule has 0 aromatic heterocycles. The zero-order valence-electron chi connectivity index (χ0n) is 15.3. The van der Waals surface area contributed by atoms with E-state index in [0.29, 0.717) is 17.6 Å². The van der Waals surface area contributed by atoms with Crippen molar-refractivity contribution < 1.29 is 9.59 Å². The van der Waals surface area contributed by atoms with Crippen LogP contribution in [0.3, 0.4) is 0 Å². The summed E-state index contributed by atoms with van der Waals surface area (Å²) in [5.74, 6) is 0.364. The van der Waals surface area contributed by atoms with Gasteiger partial charge in [0.2, 0.25) is 11.8 Å². The van der Waals surface area contributed by atoms with Crippen LogP contribution in [-0.4, -0.2) is 17.9 Å². The molecule has 0 spiro atoms. The van der Waals surface area contributed by atoms with Gasteiger partial charge in [-0.25, -0.2) is 0 Å². The molecule has 2 fully saturated rings. The molecule has 1 aromatic carbocycles. The van der Waals surface area contributed by atoms with Crippen molar-refractivity contribution in [2.45, 2.75) is 70.4 Å². The predicted molar refractivity (Wildman–Crippen MR) is 104 cm³/mol. The Hall–Kier alpha value is -1.55. The Balaban J connectivity index is 1.40. The van der Waals surface area contributed by atoms with Gasteiger partial charge in [0.05, 0.1) is 0 Å². The fourth-order valence-electron chi connectivity index (χ4n) is 4.15. The van der Waals surface area contributed by atoms with E-state index >= 15 is 0 Å².